The molecule has 0 spiro atoms. The van der Waals surface area contributed by atoms with E-state index in [-0.39, 0.29) is 64.3 Å². The minimum absolute atomic E-state index is 0.0145. The average molecular weight is 642 g/mol. The lowest BCUT2D eigenvalue weighted by atomic mass is 9.33. The average Bonchev–Trinajstić information content (AvgIpc) is 2.95. The maximum Gasteiger partial charge on any atom is 0.306 e. The van der Waals surface area contributed by atoms with Crippen molar-refractivity contribution in [3.63, 3.8) is 0 Å². The number of aliphatic carboxylic acids is 2. The summed E-state index contributed by atoms with van der Waals surface area (Å²) in [5, 5.41) is 21.3. The smallest absolute Gasteiger partial charge is 0.306 e. The van der Waals surface area contributed by atoms with Gasteiger partial charge in [0.05, 0.1) is 18.3 Å². The molecule has 1 amide bonds. The summed E-state index contributed by atoms with van der Waals surface area (Å²) in [7, 11) is 0. The number of esters is 1. The molecule has 5 aliphatic carbocycles. The molecule has 0 bridgehead atoms. The van der Waals surface area contributed by atoms with E-state index < -0.39 is 23.3 Å². The van der Waals surface area contributed by atoms with Gasteiger partial charge in [0.15, 0.2) is 0 Å². The summed E-state index contributed by atoms with van der Waals surface area (Å²) in [5.41, 5.74) is 1.16. The van der Waals surface area contributed by atoms with Crippen LogP contribution in [0, 0.1) is 50.2 Å². The quantitative estimate of drug-likeness (QED) is 0.135. The molecule has 46 heavy (non-hydrogen) atoms. The number of carbonyl (C=O) groups excluding carboxylic acids is 2. The van der Waals surface area contributed by atoms with Crippen LogP contribution in [0.15, 0.2) is 11.6 Å². The Morgan fingerprint density at radius 2 is 1.50 bits per heavy atom. The second-order valence-corrected chi connectivity index (χ2v) is 17.9. The van der Waals surface area contributed by atoms with Crippen molar-refractivity contribution < 1.29 is 34.1 Å². The predicted molar refractivity (Wildman–Crippen MR) is 176 cm³/mol. The van der Waals surface area contributed by atoms with Gasteiger partial charge in [0.1, 0.15) is 6.10 Å². The van der Waals surface area contributed by atoms with Gasteiger partial charge in [-0.05, 0) is 110 Å². The van der Waals surface area contributed by atoms with Gasteiger partial charge >= 0.3 is 17.9 Å². The monoisotopic (exact) mass is 641 g/mol. The van der Waals surface area contributed by atoms with Crippen molar-refractivity contribution in [3.05, 3.63) is 11.6 Å². The Morgan fingerprint density at radius 3 is 2.17 bits per heavy atom. The van der Waals surface area contributed by atoms with Crippen molar-refractivity contribution in [1.82, 2.24) is 5.32 Å². The molecule has 4 fully saturated rings. The molecule has 5 rings (SSSR count). The number of rotatable bonds is 9. The largest absolute Gasteiger partial charge is 0.481 e. The second kappa shape index (κ2) is 11.9. The van der Waals surface area contributed by atoms with E-state index in [0.29, 0.717) is 24.8 Å². The molecule has 0 radical (unpaired) electrons. The van der Waals surface area contributed by atoms with Crippen LogP contribution in [0.3, 0.4) is 0 Å². The third-order valence-electron chi connectivity index (χ3n) is 14.7. The number of ether oxygens (including phenoxy) is 1. The van der Waals surface area contributed by atoms with Gasteiger partial charge in [0.25, 0.3) is 0 Å². The van der Waals surface area contributed by atoms with Gasteiger partial charge in [-0.1, -0.05) is 60.1 Å². The lowest BCUT2D eigenvalue weighted by molar-refractivity contribution is -0.213. The molecule has 3 N–H and O–H groups in total. The number of amides is 1. The molecule has 8 nitrogen and oxygen atoms in total. The number of carboxylic acids is 2. The molecular weight excluding hydrogens is 582 g/mol. The molecular formula is C38H59NO7. The van der Waals surface area contributed by atoms with Crippen LogP contribution in [0.2, 0.25) is 0 Å². The van der Waals surface area contributed by atoms with E-state index in [1.54, 1.807) is 0 Å². The van der Waals surface area contributed by atoms with Gasteiger partial charge in [0, 0.05) is 18.4 Å². The van der Waals surface area contributed by atoms with Gasteiger partial charge in [-0.25, -0.2) is 0 Å². The zero-order valence-electron chi connectivity index (χ0n) is 29.4. The normalized spacial score (nSPS) is 40.5. The summed E-state index contributed by atoms with van der Waals surface area (Å²) in [6.07, 6.45) is 12.3. The molecule has 258 valence electrons. The fourth-order valence-electron chi connectivity index (χ4n) is 11.9. The third-order valence-corrected chi connectivity index (χ3v) is 14.7. The van der Waals surface area contributed by atoms with Crippen molar-refractivity contribution in [3.8, 4) is 0 Å². The Bertz CT molecular complexity index is 1290. The summed E-state index contributed by atoms with van der Waals surface area (Å²) in [4.78, 5) is 48.8. The van der Waals surface area contributed by atoms with Crippen LogP contribution in [0.5, 0.6) is 0 Å². The van der Waals surface area contributed by atoms with E-state index >= 15 is 0 Å². The predicted octanol–water partition coefficient (Wildman–Crippen LogP) is 7.55. The molecule has 8 heteroatoms. The molecule has 0 aliphatic heterocycles. The van der Waals surface area contributed by atoms with Gasteiger partial charge in [-0.2, -0.15) is 0 Å². The third kappa shape index (κ3) is 5.61. The molecule has 0 saturated heterocycles. The molecule has 0 aromatic heterocycles. The lowest BCUT2D eigenvalue weighted by Crippen LogP contribution is -2.65. The number of nitrogens with one attached hydrogen (secondary N) is 1. The van der Waals surface area contributed by atoms with Crippen LogP contribution in [0.1, 0.15) is 138 Å². The first-order valence-electron chi connectivity index (χ1n) is 17.9. The second-order valence-electron chi connectivity index (χ2n) is 17.9. The van der Waals surface area contributed by atoms with Gasteiger partial charge in [0.2, 0.25) is 5.91 Å². The molecule has 0 aromatic rings. The van der Waals surface area contributed by atoms with E-state index in [9.17, 15) is 19.2 Å². The first-order valence-corrected chi connectivity index (χ1v) is 17.9. The summed E-state index contributed by atoms with van der Waals surface area (Å²) in [6.45, 7) is 17.2. The van der Waals surface area contributed by atoms with Crippen molar-refractivity contribution in [2.24, 2.45) is 50.2 Å². The standard InChI is InChI=1S/C38H59NO7/c1-33(2)18-20-38(32(45)39-22-8-9-29(40)41)21-19-36(6)24(25(38)23-33)10-11-27-35(5)16-15-28(46-31(44)13-12-30(42)43)34(3,4)26(35)14-17-37(27,36)7/h10,25-28H,8-9,11-23H2,1-7H3,(H,39,45)(H,40,41)(H,42,43)/t25-,26-,27+,28-,35-,36+,37+,38-/m0/s1. The zero-order valence-corrected chi connectivity index (χ0v) is 29.4. The lowest BCUT2D eigenvalue weighted by Gasteiger charge is -2.71. The van der Waals surface area contributed by atoms with Crippen molar-refractivity contribution in [2.75, 3.05) is 6.54 Å². The fourth-order valence-corrected chi connectivity index (χ4v) is 11.9. The van der Waals surface area contributed by atoms with E-state index in [0.717, 1.165) is 64.2 Å². The van der Waals surface area contributed by atoms with Crippen LogP contribution < -0.4 is 5.32 Å². The fraction of sp³-hybridized carbons (Fsp3) is 0.842. The van der Waals surface area contributed by atoms with E-state index in [2.05, 4.69) is 59.9 Å². The SMILES string of the molecule is CC1(C)CC[C@]2(C(=O)NCCCC(=O)O)CC[C@]3(C)C(=CC[C@@H]4[C@@]5(C)CC[C@H](OC(=O)CCC(=O)O)C(C)(C)[C@@H]5CC[C@]43C)[C@@H]2C1. The first-order chi connectivity index (χ1) is 21.3. The number of hydrogen-bond acceptors (Lipinski definition) is 5. The van der Waals surface area contributed by atoms with E-state index in [1.165, 1.54) is 5.57 Å². The van der Waals surface area contributed by atoms with Gasteiger partial charge in [-0.15, -0.1) is 0 Å². The molecule has 8 atom stereocenters. The highest BCUT2D eigenvalue weighted by Crippen LogP contribution is 2.75. The van der Waals surface area contributed by atoms with Gasteiger partial charge < -0.3 is 20.3 Å². The molecule has 0 aromatic carbocycles. The topological polar surface area (TPSA) is 130 Å². The summed E-state index contributed by atoms with van der Waals surface area (Å²) in [5.74, 6) is -1.04. The Hall–Kier alpha value is -2.38. The van der Waals surface area contributed by atoms with Crippen LogP contribution in [-0.2, 0) is 23.9 Å². The number of fused-ring (bicyclic) bond motifs is 7. The maximum atomic E-state index is 14.1. The highest BCUT2D eigenvalue weighted by molar-refractivity contribution is 5.84. The Morgan fingerprint density at radius 1 is 0.826 bits per heavy atom. The van der Waals surface area contributed by atoms with Crippen molar-refractivity contribution in [2.45, 2.75) is 144 Å². The Balaban J connectivity index is 1.42. The van der Waals surface area contributed by atoms with Crippen LogP contribution in [0.4, 0.5) is 0 Å². The minimum atomic E-state index is -0.981. The number of hydrogen-bond donors (Lipinski definition) is 3. The van der Waals surface area contributed by atoms with Crippen LogP contribution >= 0.6 is 0 Å². The molecule has 0 unspecified atom stereocenters. The number of carboxylic acid groups (broad SMARTS) is 2. The highest BCUT2D eigenvalue weighted by atomic mass is 16.5. The number of allylic oxidation sites excluding steroid dienone is 2. The first kappa shape index (κ1) is 34.9. The Kier molecular flexibility index (Phi) is 9.07. The van der Waals surface area contributed by atoms with E-state index in [4.69, 9.17) is 14.9 Å². The maximum absolute atomic E-state index is 14.1. The van der Waals surface area contributed by atoms with Gasteiger partial charge in [-0.3, -0.25) is 19.2 Å². The minimum Gasteiger partial charge on any atom is -0.481 e. The van der Waals surface area contributed by atoms with Crippen molar-refractivity contribution >= 4 is 23.8 Å². The molecule has 0 heterocycles. The number of carbonyl (C=O) groups is 4. The zero-order chi connectivity index (χ0) is 33.9. The molecule has 4 saturated carbocycles. The highest BCUT2D eigenvalue weighted by Gasteiger charge is 2.69. The van der Waals surface area contributed by atoms with Crippen LogP contribution in [0.25, 0.3) is 0 Å². The van der Waals surface area contributed by atoms with Crippen LogP contribution in [-0.4, -0.2) is 46.7 Å². The summed E-state index contributed by atoms with van der Waals surface area (Å²) < 4.78 is 6.00. The molecule has 5 aliphatic rings. The Labute approximate surface area is 275 Å². The summed E-state index contributed by atoms with van der Waals surface area (Å²) in [6, 6.07) is 0. The summed E-state index contributed by atoms with van der Waals surface area (Å²) >= 11 is 0. The van der Waals surface area contributed by atoms with Crippen molar-refractivity contribution in [1.29, 1.82) is 0 Å². The van der Waals surface area contributed by atoms with E-state index in [1.807, 2.05) is 0 Å².